The van der Waals surface area contributed by atoms with Crippen LogP contribution in [0.15, 0.2) is 39.5 Å². The first-order chi connectivity index (χ1) is 7.72. The molecular formula is C11H9NO4. The highest BCUT2D eigenvalue weighted by atomic mass is 16.4. The molecule has 1 amide bonds. The van der Waals surface area contributed by atoms with E-state index in [-0.39, 0.29) is 5.56 Å². The lowest BCUT2D eigenvalue weighted by Gasteiger charge is -2.01. The molecule has 2 rings (SSSR count). The van der Waals surface area contributed by atoms with E-state index >= 15 is 0 Å². The number of amides is 1. The second-order valence-electron chi connectivity index (χ2n) is 3.15. The maximum Gasteiger partial charge on any atom is 0.349 e. The van der Waals surface area contributed by atoms with Gasteiger partial charge >= 0.3 is 5.63 Å². The highest BCUT2D eigenvalue weighted by Gasteiger charge is 2.12. The normalized spacial score (nSPS) is 10.3. The number of rotatable bonds is 2. The molecule has 5 nitrogen and oxygen atoms in total. The van der Waals surface area contributed by atoms with Crippen LogP contribution in [0.5, 0.6) is 0 Å². The molecule has 0 bridgehead atoms. The molecular weight excluding hydrogens is 210 g/mol. The number of benzene rings is 1. The van der Waals surface area contributed by atoms with Crippen molar-refractivity contribution in [2.24, 2.45) is 0 Å². The molecule has 1 aromatic heterocycles. The van der Waals surface area contributed by atoms with E-state index in [0.717, 1.165) is 0 Å². The van der Waals surface area contributed by atoms with Crippen LogP contribution in [0, 0.1) is 0 Å². The molecule has 0 aliphatic carbocycles. The number of carbonyl (C=O) groups is 1. The molecule has 1 heterocycles. The number of hydrogen-bond acceptors (Lipinski definition) is 4. The van der Waals surface area contributed by atoms with Crippen molar-refractivity contribution >= 4 is 16.9 Å². The van der Waals surface area contributed by atoms with E-state index in [1.54, 1.807) is 24.3 Å². The Morgan fingerprint density at radius 3 is 2.88 bits per heavy atom. The first kappa shape index (κ1) is 10.4. The second-order valence-corrected chi connectivity index (χ2v) is 3.15. The minimum atomic E-state index is -0.718. The van der Waals surface area contributed by atoms with Crippen LogP contribution in [0.25, 0.3) is 11.0 Å². The van der Waals surface area contributed by atoms with Gasteiger partial charge in [0.05, 0.1) is 0 Å². The zero-order valence-electron chi connectivity index (χ0n) is 8.27. The van der Waals surface area contributed by atoms with Crippen LogP contribution in [0.3, 0.4) is 0 Å². The Balaban J connectivity index is 2.58. The van der Waals surface area contributed by atoms with Gasteiger partial charge in [-0.2, -0.15) is 0 Å². The van der Waals surface area contributed by atoms with Gasteiger partial charge in [0.2, 0.25) is 0 Å². The van der Waals surface area contributed by atoms with E-state index in [0.29, 0.717) is 11.0 Å². The quantitative estimate of drug-likeness (QED) is 0.568. The van der Waals surface area contributed by atoms with Crippen molar-refractivity contribution in [2.75, 3.05) is 6.73 Å². The Hall–Kier alpha value is -2.14. The van der Waals surface area contributed by atoms with Crippen molar-refractivity contribution in [3.63, 3.8) is 0 Å². The van der Waals surface area contributed by atoms with Crippen molar-refractivity contribution in [1.29, 1.82) is 0 Å². The van der Waals surface area contributed by atoms with Crippen LogP contribution in [0.1, 0.15) is 10.4 Å². The first-order valence-corrected chi connectivity index (χ1v) is 4.64. The fourth-order valence-corrected chi connectivity index (χ4v) is 1.39. The summed E-state index contributed by atoms with van der Waals surface area (Å²) in [7, 11) is 0. The van der Waals surface area contributed by atoms with Gasteiger partial charge in [0.25, 0.3) is 5.91 Å². The second kappa shape index (κ2) is 4.16. The maximum absolute atomic E-state index is 11.4. The molecule has 0 unspecified atom stereocenters. The number of para-hydroxylation sites is 1. The predicted octanol–water partition coefficient (Wildman–Crippen LogP) is 0.473. The lowest BCUT2D eigenvalue weighted by Crippen LogP contribution is -2.28. The van der Waals surface area contributed by atoms with E-state index in [4.69, 9.17) is 9.52 Å². The Labute approximate surface area is 90.3 Å². The van der Waals surface area contributed by atoms with Gasteiger partial charge in [-0.3, -0.25) is 4.79 Å². The van der Waals surface area contributed by atoms with E-state index < -0.39 is 18.3 Å². The molecule has 2 N–H and O–H groups in total. The SMILES string of the molecule is O=C(NCO)c1cc2ccccc2oc1=O. The summed E-state index contributed by atoms with van der Waals surface area (Å²) < 4.78 is 4.96. The van der Waals surface area contributed by atoms with Crippen molar-refractivity contribution in [2.45, 2.75) is 0 Å². The van der Waals surface area contributed by atoms with Crippen molar-refractivity contribution in [3.8, 4) is 0 Å². The van der Waals surface area contributed by atoms with Gasteiger partial charge in [-0.1, -0.05) is 18.2 Å². The van der Waals surface area contributed by atoms with Gasteiger partial charge in [-0.05, 0) is 12.1 Å². The molecule has 0 radical (unpaired) electrons. The summed E-state index contributed by atoms with van der Waals surface area (Å²) in [5.41, 5.74) is -0.412. The largest absolute Gasteiger partial charge is 0.422 e. The Kier molecular flexibility index (Phi) is 2.70. The molecule has 0 atom stereocenters. The van der Waals surface area contributed by atoms with Gasteiger partial charge in [-0.25, -0.2) is 4.79 Å². The van der Waals surface area contributed by atoms with E-state index in [2.05, 4.69) is 5.32 Å². The fourth-order valence-electron chi connectivity index (χ4n) is 1.39. The molecule has 0 saturated carbocycles. The van der Waals surface area contributed by atoms with Crippen LogP contribution in [0.2, 0.25) is 0 Å². The molecule has 2 aromatic rings. The summed E-state index contributed by atoms with van der Waals surface area (Å²) in [5.74, 6) is -0.651. The zero-order valence-corrected chi connectivity index (χ0v) is 8.27. The number of hydrogen-bond donors (Lipinski definition) is 2. The van der Waals surface area contributed by atoms with Crippen LogP contribution in [-0.4, -0.2) is 17.7 Å². The number of carbonyl (C=O) groups excluding carboxylic acids is 1. The smallest absolute Gasteiger partial charge is 0.349 e. The van der Waals surface area contributed by atoms with Gasteiger partial charge < -0.3 is 14.8 Å². The monoisotopic (exact) mass is 219 g/mol. The Morgan fingerprint density at radius 1 is 1.38 bits per heavy atom. The number of aliphatic hydroxyl groups is 1. The van der Waals surface area contributed by atoms with Crippen LogP contribution in [0.4, 0.5) is 0 Å². The van der Waals surface area contributed by atoms with Gasteiger partial charge in [0, 0.05) is 5.39 Å². The summed E-state index contributed by atoms with van der Waals surface area (Å²) in [6.45, 7) is -0.523. The van der Waals surface area contributed by atoms with E-state index in [1.807, 2.05) is 0 Å². The van der Waals surface area contributed by atoms with Gasteiger partial charge in [0.15, 0.2) is 0 Å². The highest BCUT2D eigenvalue weighted by Crippen LogP contribution is 2.12. The molecule has 0 saturated heterocycles. The summed E-state index contributed by atoms with van der Waals surface area (Å²) in [6.07, 6.45) is 0. The van der Waals surface area contributed by atoms with Crippen molar-refractivity contribution < 1.29 is 14.3 Å². The average molecular weight is 219 g/mol. The Morgan fingerprint density at radius 2 is 2.12 bits per heavy atom. The van der Waals surface area contributed by atoms with Crippen molar-refractivity contribution in [1.82, 2.24) is 5.32 Å². The van der Waals surface area contributed by atoms with Crippen LogP contribution < -0.4 is 10.9 Å². The number of fused-ring (bicyclic) bond motifs is 1. The molecule has 5 heteroatoms. The molecule has 0 spiro atoms. The summed E-state index contributed by atoms with van der Waals surface area (Å²) in [5, 5.41) is 11.3. The molecule has 0 aliphatic rings. The summed E-state index contributed by atoms with van der Waals surface area (Å²) >= 11 is 0. The first-order valence-electron chi connectivity index (χ1n) is 4.64. The third kappa shape index (κ3) is 1.80. The fraction of sp³-hybridized carbons (Fsp3) is 0.0909. The van der Waals surface area contributed by atoms with Crippen LogP contribution >= 0.6 is 0 Å². The molecule has 0 fully saturated rings. The third-order valence-corrected chi connectivity index (χ3v) is 2.13. The van der Waals surface area contributed by atoms with Crippen molar-refractivity contribution in [3.05, 3.63) is 46.3 Å². The highest BCUT2D eigenvalue weighted by molar-refractivity contribution is 5.96. The summed E-state index contributed by atoms with van der Waals surface area (Å²) in [6, 6.07) is 8.32. The molecule has 16 heavy (non-hydrogen) atoms. The molecule has 82 valence electrons. The zero-order chi connectivity index (χ0) is 11.5. The Bertz CT molecular complexity index is 588. The van der Waals surface area contributed by atoms with Gasteiger partial charge in [-0.15, -0.1) is 0 Å². The maximum atomic E-state index is 11.4. The van der Waals surface area contributed by atoms with E-state index in [9.17, 15) is 9.59 Å². The lowest BCUT2D eigenvalue weighted by molar-refractivity contribution is 0.0906. The number of aliphatic hydroxyl groups excluding tert-OH is 1. The predicted molar refractivity (Wildman–Crippen MR) is 57.0 cm³/mol. The summed E-state index contributed by atoms with van der Waals surface area (Å²) in [4.78, 5) is 22.8. The lowest BCUT2D eigenvalue weighted by atomic mass is 10.2. The van der Waals surface area contributed by atoms with Crippen LogP contribution in [-0.2, 0) is 0 Å². The average Bonchev–Trinajstić information content (AvgIpc) is 2.28. The minimum Gasteiger partial charge on any atom is -0.422 e. The van der Waals surface area contributed by atoms with E-state index in [1.165, 1.54) is 6.07 Å². The molecule has 1 aromatic carbocycles. The standard InChI is InChI=1S/C11H9NO4/c13-6-12-10(14)8-5-7-3-1-2-4-9(7)16-11(8)15/h1-5,13H,6H2,(H,12,14). The van der Waals surface area contributed by atoms with Gasteiger partial charge in [0.1, 0.15) is 17.9 Å². The third-order valence-electron chi connectivity index (χ3n) is 2.13. The topological polar surface area (TPSA) is 79.5 Å². The minimum absolute atomic E-state index is 0.118. The molecule has 0 aliphatic heterocycles. The number of nitrogens with one attached hydrogen (secondary N) is 1.